The van der Waals surface area contributed by atoms with Gasteiger partial charge < -0.3 is 22.1 Å². The Balaban J connectivity index is 1.58. The highest BCUT2D eigenvalue weighted by atomic mass is 16.1. The SMILES string of the molecule is NCCCC[C@@H](CNC1CCCCC1C(N)=O)NCC(CCc1ccccc1)Cc1ccccc1. The van der Waals surface area contributed by atoms with Gasteiger partial charge >= 0.3 is 0 Å². The monoisotopic (exact) mass is 478 g/mol. The maximum atomic E-state index is 12.0. The molecule has 0 radical (unpaired) electrons. The first kappa shape index (κ1) is 27.4. The molecule has 192 valence electrons. The summed E-state index contributed by atoms with van der Waals surface area (Å²) in [4.78, 5) is 12.0. The fourth-order valence-electron chi connectivity index (χ4n) is 5.39. The fraction of sp³-hybridized carbons (Fsp3) is 0.567. The van der Waals surface area contributed by atoms with Crippen molar-refractivity contribution in [2.24, 2.45) is 23.3 Å². The normalized spacial score (nSPS) is 19.8. The van der Waals surface area contributed by atoms with Crippen LogP contribution in [0.15, 0.2) is 60.7 Å². The minimum Gasteiger partial charge on any atom is -0.369 e. The van der Waals surface area contributed by atoms with Crippen LogP contribution in [0.4, 0.5) is 0 Å². The van der Waals surface area contributed by atoms with Gasteiger partial charge in [-0.2, -0.15) is 0 Å². The summed E-state index contributed by atoms with van der Waals surface area (Å²) >= 11 is 0. The number of hydrogen-bond acceptors (Lipinski definition) is 4. The first-order valence-electron chi connectivity index (χ1n) is 13.7. The average Bonchev–Trinajstić information content (AvgIpc) is 2.89. The van der Waals surface area contributed by atoms with E-state index in [9.17, 15) is 4.79 Å². The molecule has 6 N–H and O–H groups in total. The Morgan fingerprint density at radius 1 is 0.886 bits per heavy atom. The summed E-state index contributed by atoms with van der Waals surface area (Å²) in [5, 5.41) is 7.62. The van der Waals surface area contributed by atoms with Crippen LogP contribution in [-0.2, 0) is 17.6 Å². The summed E-state index contributed by atoms with van der Waals surface area (Å²) in [6.07, 6.45) is 10.8. The van der Waals surface area contributed by atoms with E-state index in [0.29, 0.717) is 12.0 Å². The van der Waals surface area contributed by atoms with Crippen molar-refractivity contribution in [3.05, 3.63) is 71.8 Å². The number of aryl methyl sites for hydroxylation is 1. The van der Waals surface area contributed by atoms with Crippen LogP contribution >= 0.6 is 0 Å². The van der Waals surface area contributed by atoms with Crippen molar-refractivity contribution in [1.29, 1.82) is 0 Å². The Morgan fingerprint density at radius 2 is 1.57 bits per heavy atom. The van der Waals surface area contributed by atoms with Gasteiger partial charge in [0.15, 0.2) is 0 Å². The van der Waals surface area contributed by atoms with Crippen LogP contribution < -0.4 is 22.1 Å². The van der Waals surface area contributed by atoms with Gasteiger partial charge in [-0.15, -0.1) is 0 Å². The van der Waals surface area contributed by atoms with Gasteiger partial charge in [-0.1, -0.05) is 79.9 Å². The molecule has 0 saturated heterocycles. The molecule has 3 unspecified atom stereocenters. The molecule has 2 aromatic rings. The molecule has 0 heterocycles. The Kier molecular flexibility index (Phi) is 12.3. The van der Waals surface area contributed by atoms with E-state index in [1.54, 1.807) is 0 Å². The predicted molar refractivity (Wildman–Crippen MR) is 146 cm³/mol. The highest BCUT2D eigenvalue weighted by Crippen LogP contribution is 2.24. The van der Waals surface area contributed by atoms with Crippen molar-refractivity contribution < 1.29 is 4.79 Å². The van der Waals surface area contributed by atoms with Crippen LogP contribution in [0.5, 0.6) is 0 Å². The summed E-state index contributed by atoms with van der Waals surface area (Å²) in [7, 11) is 0. The van der Waals surface area contributed by atoms with Crippen molar-refractivity contribution in [2.45, 2.75) is 76.3 Å². The van der Waals surface area contributed by atoms with E-state index < -0.39 is 0 Å². The van der Waals surface area contributed by atoms with Crippen molar-refractivity contribution >= 4 is 5.91 Å². The summed E-state index contributed by atoms with van der Waals surface area (Å²) < 4.78 is 0. The van der Waals surface area contributed by atoms with Crippen LogP contribution in [-0.4, -0.2) is 37.6 Å². The molecule has 1 aliphatic carbocycles. The molecule has 3 rings (SSSR count). The van der Waals surface area contributed by atoms with E-state index >= 15 is 0 Å². The highest BCUT2D eigenvalue weighted by molar-refractivity contribution is 5.77. The molecule has 4 atom stereocenters. The highest BCUT2D eigenvalue weighted by Gasteiger charge is 2.29. The van der Waals surface area contributed by atoms with E-state index in [4.69, 9.17) is 11.5 Å². The number of benzene rings is 2. The summed E-state index contributed by atoms with van der Waals surface area (Å²) in [5.41, 5.74) is 14.3. The third-order valence-corrected chi connectivity index (χ3v) is 7.51. The molecule has 5 heteroatoms. The van der Waals surface area contributed by atoms with Crippen LogP contribution in [0, 0.1) is 11.8 Å². The van der Waals surface area contributed by atoms with Crippen LogP contribution in [0.3, 0.4) is 0 Å². The predicted octanol–water partition coefficient (Wildman–Crippen LogP) is 4.20. The number of amides is 1. The summed E-state index contributed by atoms with van der Waals surface area (Å²) in [6.45, 7) is 2.59. The molecule has 0 aromatic heterocycles. The molecule has 2 aromatic carbocycles. The average molecular weight is 479 g/mol. The molecule has 0 spiro atoms. The van der Waals surface area contributed by atoms with Gasteiger partial charge in [-0.25, -0.2) is 0 Å². The molecule has 35 heavy (non-hydrogen) atoms. The Hall–Kier alpha value is -2.21. The zero-order valence-electron chi connectivity index (χ0n) is 21.3. The second-order valence-electron chi connectivity index (χ2n) is 10.3. The number of nitrogens with one attached hydrogen (secondary N) is 2. The molecule has 1 saturated carbocycles. The maximum absolute atomic E-state index is 12.0. The third kappa shape index (κ3) is 10.1. The van der Waals surface area contributed by atoms with Gasteiger partial charge in [0, 0.05) is 18.6 Å². The van der Waals surface area contributed by atoms with E-state index in [1.165, 1.54) is 17.5 Å². The third-order valence-electron chi connectivity index (χ3n) is 7.51. The van der Waals surface area contributed by atoms with Crippen molar-refractivity contribution in [3.63, 3.8) is 0 Å². The lowest BCUT2D eigenvalue weighted by molar-refractivity contribution is -0.123. The van der Waals surface area contributed by atoms with Crippen LogP contribution in [0.1, 0.15) is 62.5 Å². The number of rotatable bonds is 16. The summed E-state index contributed by atoms with van der Waals surface area (Å²) in [5.74, 6) is 0.367. The Bertz CT molecular complexity index is 829. The van der Waals surface area contributed by atoms with E-state index in [-0.39, 0.29) is 17.9 Å². The number of nitrogens with two attached hydrogens (primary N) is 2. The summed E-state index contributed by atoms with van der Waals surface area (Å²) in [6, 6.07) is 22.2. The first-order valence-corrected chi connectivity index (χ1v) is 13.7. The van der Waals surface area contributed by atoms with Gasteiger partial charge in [0.2, 0.25) is 5.91 Å². The van der Waals surface area contributed by atoms with Gasteiger partial charge in [0.25, 0.3) is 0 Å². The van der Waals surface area contributed by atoms with E-state index in [0.717, 1.165) is 77.4 Å². The number of hydrogen-bond donors (Lipinski definition) is 4. The first-order chi connectivity index (χ1) is 17.2. The molecule has 1 aliphatic rings. The lowest BCUT2D eigenvalue weighted by Gasteiger charge is -2.32. The molecule has 0 bridgehead atoms. The zero-order valence-corrected chi connectivity index (χ0v) is 21.3. The molecule has 0 aliphatic heterocycles. The maximum Gasteiger partial charge on any atom is 0.222 e. The van der Waals surface area contributed by atoms with E-state index in [2.05, 4.69) is 71.3 Å². The van der Waals surface area contributed by atoms with Crippen molar-refractivity contribution in [2.75, 3.05) is 19.6 Å². The zero-order chi connectivity index (χ0) is 24.7. The smallest absolute Gasteiger partial charge is 0.222 e. The lowest BCUT2D eigenvalue weighted by atomic mass is 9.84. The van der Waals surface area contributed by atoms with Gasteiger partial charge in [0.1, 0.15) is 0 Å². The standard InChI is InChI=1S/C30H46N4O/c31-20-10-9-15-27(23-34-29-17-8-7-16-28(29)30(32)35)33-22-26(21-25-13-5-2-6-14-25)19-18-24-11-3-1-4-12-24/h1-6,11-14,26-29,33-34H,7-10,15-23,31H2,(H2,32,35)/t26?,27-,28?,29?/m0/s1. The quantitative estimate of drug-likeness (QED) is 0.272. The topological polar surface area (TPSA) is 93.2 Å². The second kappa shape index (κ2) is 15.7. The molecular weight excluding hydrogens is 432 g/mol. The Morgan fingerprint density at radius 3 is 2.26 bits per heavy atom. The fourth-order valence-corrected chi connectivity index (χ4v) is 5.39. The molecule has 1 fully saturated rings. The minimum absolute atomic E-state index is 0.0369. The number of primary amides is 1. The lowest BCUT2D eigenvalue weighted by Crippen LogP contribution is -2.49. The van der Waals surface area contributed by atoms with Gasteiger partial charge in [0.05, 0.1) is 5.92 Å². The number of unbranched alkanes of at least 4 members (excludes halogenated alkanes) is 1. The Labute approximate surface area is 212 Å². The molecule has 5 nitrogen and oxygen atoms in total. The number of carbonyl (C=O) groups is 1. The van der Waals surface area contributed by atoms with Crippen LogP contribution in [0.25, 0.3) is 0 Å². The van der Waals surface area contributed by atoms with Crippen molar-refractivity contribution in [3.8, 4) is 0 Å². The second-order valence-corrected chi connectivity index (χ2v) is 10.3. The minimum atomic E-state index is -0.154. The van der Waals surface area contributed by atoms with E-state index in [1.807, 2.05) is 0 Å². The molecule has 1 amide bonds. The van der Waals surface area contributed by atoms with Gasteiger partial charge in [-0.3, -0.25) is 4.79 Å². The largest absolute Gasteiger partial charge is 0.369 e. The van der Waals surface area contributed by atoms with Gasteiger partial charge in [-0.05, 0) is 75.1 Å². The van der Waals surface area contributed by atoms with Crippen LogP contribution in [0.2, 0.25) is 0 Å². The number of carbonyl (C=O) groups excluding carboxylic acids is 1. The molecular formula is C30H46N4O. The van der Waals surface area contributed by atoms with Crippen molar-refractivity contribution in [1.82, 2.24) is 10.6 Å².